The van der Waals surface area contributed by atoms with Gasteiger partial charge in [0.25, 0.3) is 0 Å². The Morgan fingerprint density at radius 1 is 0.486 bits per heavy atom. The summed E-state index contributed by atoms with van der Waals surface area (Å²) in [5, 5.41) is 39.2. The molecule has 0 aromatic carbocycles. The predicted octanol–water partition coefficient (Wildman–Crippen LogP) is 13.9. The van der Waals surface area contributed by atoms with Gasteiger partial charge in [0.15, 0.2) is 0 Å². The molecule has 6 saturated heterocycles. The van der Waals surface area contributed by atoms with Crippen LogP contribution >= 0.6 is 47.8 Å². The molecule has 17 heteroatoms. The van der Waals surface area contributed by atoms with Crippen LogP contribution in [0.1, 0.15) is 236 Å². The van der Waals surface area contributed by atoms with Crippen molar-refractivity contribution in [1.82, 2.24) is 0 Å². The van der Waals surface area contributed by atoms with Gasteiger partial charge in [0.2, 0.25) is 0 Å². The zero-order valence-corrected chi connectivity index (χ0v) is 50.8. The van der Waals surface area contributed by atoms with Gasteiger partial charge in [0.05, 0.1) is 73.2 Å². The summed E-state index contributed by atoms with van der Waals surface area (Å²) in [5.74, 6) is 0. The second-order valence-electron chi connectivity index (χ2n) is 21.6. The van der Waals surface area contributed by atoms with E-state index in [0.29, 0.717) is 36.6 Å². The quantitative estimate of drug-likeness (QED) is 0.0730. The molecule has 6 heterocycles. The molecule has 19 atom stereocenters. The van der Waals surface area contributed by atoms with E-state index in [-0.39, 0.29) is 84.2 Å². The third-order valence-corrected chi connectivity index (χ3v) is 18.3. The Labute approximate surface area is 473 Å². The minimum atomic E-state index is -0.642. The van der Waals surface area contributed by atoms with E-state index in [9.17, 15) is 30.0 Å². The topological polar surface area (TPSA) is 189 Å². The largest absolute Gasteiger partial charge is 0.509 e. The molecule has 438 valence electrons. The van der Waals surface area contributed by atoms with Gasteiger partial charge in [0, 0.05) is 33.7 Å². The number of carbonyl (C=O) groups is 2. The van der Waals surface area contributed by atoms with E-state index in [1.54, 1.807) is 0 Å². The van der Waals surface area contributed by atoms with E-state index in [2.05, 4.69) is 89.3 Å². The number of alkyl halides is 3. The highest BCUT2D eigenvalue weighted by atomic mass is 79.9. The zero-order chi connectivity index (χ0) is 53.9. The summed E-state index contributed by atoms with van der Waals surface area (Å²) in [7, 11) is 0. The summed E-state index contributed by atoms with van der Waals surface area (Å²) in [4.78, 5) is 23.2. The summed E-state index contributed by atoms with van der Waals surface area (Å²) in [5.41, 5.74) is 0. The second-order valence-corrected chi connectivity index (χ2v) is 25.1. The molecule has 4 N–H and O–H groups in total. The van der Waals surface area contributed by atoms with Crippen LogP contribution in [0.3, 0.4) is 0 Å². The summed E-state index contributed by atoms with van der Waals surface area (Å²) < 4.78 is 45.5. The van der Waals surface area contributed by atoms with Crippen LogP contribution in [0.25, 0.3) is 0 Å². The number of rotatable bonds is 14. The lowest BCUT2D eigenvalue weighted by Gasteiger charge is -2.27. The van der Waals surface area contributed by atoms with Crippen molar-refractivity contribution in [2.45, 2.75) is 348 Å². The van der Waals surface area contributed by atoms with Crippen LogP contribution in [0.4, 0.5) is 9.59 Å². The Morgan fingerprint density at radius 2 is 0.959 bits per heavy atom. The van der Waals surface area contributed by atoms with Gasteiger partial charge in [-0.15, -0.1) is 0 Å². The van der Waals surface area contributed by atoms with Crippen LogP contribution in [0, 0.1) is 0 Å². The van der Waals surface area contributed by atoms with E-state index in [1.165, 1.54) is 38.5 Å². The van der Waals surface area contributed by atoms with Gasteiger partial charge in [-0.05, 0) is 123 Å². The maximum atomic E-state index is 11.4. The lowest BCUT2D eigenvalue weighted by atomic mass is 10.00. The third kappa shape index (κ3) is 26.3. The second kappa shape index (κ2) is 39.1. The molecule has 0 aromatic rings. The van der Waals surface area contributed by atoms with Gasteiger partial charge in [-0.3, -0.25) is 0 Å². The lowest BCUT2D eigenvalue weighted by Crippen LogP contribution is -2.32. The molecule has 0 radical (unpaired) electrons. The van der Waals surface area contributed by atoms with Gasteiger partial charge in [-0.25, -0.2) is 9.59 Å². The molecule has 0 aliphatic carbocycles. The fraction of sp³-hybridized carbons (Fsp3) is 0.965. The van der Waals surface area contributed by atoms with E-state index in [4.69, 9.17) is 37.9 Å². The van der Waals surface area contributed by atoms with Gasteiger partial charge in [-0.2, -0.15) is 0 Å². The van der Waals surface area contributed by atoms with Gasteiger partial charge in [0.1, 0.15) is 24.4 Å². The van der Waals surface area contributed by atoms with Crippen LogP contribution in [0.15, 0.2) is 0 Å². The first-order chi connectivity index (χ1) is 34.9. The first-order valence-electron chi connectivity index (χ1n) is 29.0. The fourth-order valence-corrected chi connectivity index (χ4v) is 12.9. The summed E-state index contributed by atoms with van der Waals surface area (Å²) in [6.45, 7) is 17.0. The van der Waals surface area contributed by atoms with Crippen molar-refractivity contribution in [1.29, 1.82) is 0 Å². The minimum Gasteiger partial charge on any atom is -0.427 e. The summed E-state index contributed by atoms with van der Waals surface area (Å²) in [6, 6.07) is 0. The van der Waals surface area contributed by atoms with E-state index in [0.717, 1.165) is 109 Å². The Kier molecular flexibility index (Phi) is 36.9. The highest BCUT2D eigenvalue weighted by molar-refractivity contribution is 9.10. The SMILES string of the molecule is C.CCCCC[C@H]1CC[C@@H]2OC(=O)O[C@@H]2C[C@H](Br)[C@@H](CC)O1.CCCCC[C@H]1CC[C@H](O)[C@H](O)C[C@H](Br)[C@@H](CC)O1.CCC[C@@H]1CCC[C@@H](O)[C@@H](O)C[C@H](C)O1.CC[C@H](Br)[C@@H]1CCC[C@H]2OC(=O)O[C@H]2C[C@H](C)O1. The predicted molar refractivity (Wildman–Crippen MR) is 304 cm³/mol. The molecule has 6 fully saturated rings. The highest BCUT2D eigenvalue weighted by Gasteiger charge is 2.42. The number of aliphatic hydroxyl groups excluding tert-OH is 4. The molecule has 6 rings (SSSR count). The summed E-state index contributed by atoms with van der Waals surface area (Å²) >= 11 is 11.0. The Bertz CT molecular complexity index is 1450. The number of hydrogen-bond donors (Lipinski definition) is 4. The molecule has 0 bridgehead atoms. The van der Waals surface area contributed by atoms with Crippen molar-refractivity contribution in [3.8, 4) is 0 Å². The van der Waals surface area contributed by atoms with Crippen LogP contribution < -0.4 is 0 Å². The van der Waals surface area contributed by atoms with E-state index >= 15 is 0 Å². The van der Waals surface area contributed by atoms with E-state index < -0.39 is 36.7 Å². The van der Waals surface area contributed by atoms with Gasteiger partial charge in [-0.1, -0.05) is 142 Å². The first-order valence-corrected chi connectivity index (χ1v) is 31.7. The number of carbonyl (C=O) groups excluding carboxylic acids is 2. The van der Waals surface area contributed by atoms with Gasteiger partial charge >= 0.3 is 12.3 Å². The van der Waals surface area contributed by atoms with Crippen molar-refractivity contribution in [2.75, 3.05) is 0 Å². The summed E-state index contributed by atoms with van der Waals surface area (Å²) in [6.07, 6.45) is 23.5. The van der Waals surface area contributed by atoms with Crippen molar-refractivity contribution in [2.24, 2.45) is 0 Å². The molecule has 6 aliphatic rings. The molecular weight excluding hydrogens is 1150 g/mol. The molecule has 0 amide bonds. The standard InChI is InChI=1S/C16H27BrO4.C15H29BrO3.C13H21BrO4.C12H24O3.CH4/c1-3-5-6-7-11-8-9-14-15(21-16(18)20-14)10-12(17)13(4-2)19-11;1-3-5-6-7-11-8-9-13(17)14(18)10-12(16)15(4-2)19-11;1-3-9(14)10-5-4-6-11-12(7-8(2)16-10)18-13(15)17-11;1-3-5-10-6-4-7-11(13)12(14)8-9(2)15-10;/h11-15H,3-10H2,1-2H3;11-15,17-18H,3-10H2,1-2H3;8-12H,3-7H2,1-2H3;9-14H,3-8H2,1-2H3;1H4/t11-,12-,13+,14-,15+;11-,12-,13-,14+,15+;8-,9-,10-,11+,12-;9-,10+,11+,12-;/m0000./s1. The molecule has 74 heavy (non-hydrogen) atoms. The number of fused-ring (bicyclic) bond motifs is 2. The molecule has 14 nitrogen and oxygen atoms in total. The lowest BCUT2D eigenvalue weighted by molar-refractivity contribution is -0.0474. The first kappa shape index (κ1) is 69.8. The smallest absolute Gasteiger partial charge is 0.427 e. The average Bonchev–Trinajstić information content (AvgIpc) is 3.94. The molecule has 0 spiro atoms. The number of hydrogen-bond acceptors (Lipinski definition) is 14. The number of aliphatic hydroxyl groups is 4. The number of unbranched alkanes of at least 4 members (excludes halogenated alkanes) is 4. The normalized spacial score (nSPS) is 37.4. The van der Waals surface area contributed by atoms with Crippen LogP contribution in [-0.2, 0) is 37.9 Å². The molecule has 0 saturated carbocycles. The Morgan fingerprint density at radius 3 is 1.51 bits per heavy atom. The fourth-order valence-electron chi connectivity index (χ4n) is 10.8. The van der Waals surface area contributed by atoms with Gasteiger partial charge < -0.3 is 58.3 Å². The number of ether oxygens (including phenoxy) is 8. The molecule has 6 aliphatic heterocycles. The Balaban J connectivity index is 0.000000339. The minimum absolute atomic E-state index is 0. The highest BCUT2D eigenvalue weighted by Crippen LogP contribution is 2.34. The monoisotopic (exact) mass is 1250 g/mol. The van der Waals surface area contributed by atoms with Crippen LogP contribution in [0.5, 0.6) is 0 Å². The molecular formula is C57H105Br3O14. The van der Waals surface area contributed by atoms with E-state index in [1.807, 2.05) is 13.8 Å². The zero-order valence-electron chi connectivity index (χ0n) is 46.1. The maximum absolute atomic E-state index is 11.4. The van der Waals surface area contributed by atoms with Crippen molar-refractivity contribution >= 4 is 60.1 Å². The number of halogens is 3. The van der Waals surface area contributed by atoms with Crippen LogP contribution in [-0.4, -0.2) is 145 Å². The molecule has 0 unspecified atom stereocenters. The van der Waals surface area contributed by atoms with Crippen molar-refractivity contribution < 1.29 is 67.9 Å². The third-order valence-electron chi connectivity index (χ3n) is 15.2. The Hall–Kier alpha value is -0.340. The van der Waals surface area contributed by atoms with Crippen molar-refractivity contribution in [3.05, 3.63) is 0 Å². The molecule has 0 aromatic heterocycles. The van der Waals surface area contributed by atoms with Crippen LogP contribution in [0.2, 0.25) is 0 Å². The maximum Gasteiger partial charge on any atom is 0.509 e. The average molecular weight is 1250 g/mol. The van der Waals surface area contributed by atoms with Crippen molar-refractivity contribution in [3.63, 3.8) is 0 Å².